The van der Waals surface area contributed by atoms with E-state index in [0.717, 1.165) is 54.4 Å². The van der Waals surface area contributed by atoms with Gasteiger partial charge in [-0.05, 0) is 93.9 Å². The Bertz CT molecular complexity index is 1640. The van der Waals surface area contributed by atoms with Crippen LogP contribution in [0.2, 0.25) is 0 Å². The minimum absolute atomic E-state index is 0.275. The van der Waals surface area contributed by atoms with Crippen LogP contribution in [0, 0.1) is 11.3 Å². The highest BCUT2D eigenvalue weighted by atomic mass is 31.2. The smallest absolute Gasteiger partial charge is 0.259 e. The maximum absolute atomic E-state index is 9.01. The number of ether oxygens (including phenoxy) is 3. The van der Waals surface area contributed by atoms with Crippen molar-refractivity contribution in [3.63, 3.8) is 0 Å². The van der Waals surface area contributed by atoms with Gasteiger partial charge in [-0.25, -0.2) is 4.67 Å². The van der Waals surface area contributed by atoms with Crippen molar-refractivity contribution in [3.05, 3.63) is 131 Å². The molecule has 1 unspecified atom stereocenters. The molecule has 0 bridgehead atoms. The normalized spacial score (nSPS) is 12.5. The molecular formula is C44H59N4O5P. The predicted octanol–water partition coefficient (Wildman–Crippen LogP) is 8.87. The van der Waals surface area contributed by atoms with E-state index in [4.69, 9.17) is 28.5 Å². The molecule has 0 fully saturated rings. The van der Waals surface area contributed by atoms with Gasteiger partial charge in [0.25, 0.3) is 8.53 Å². The van der Waals surface area contributed by atoms with Crippen LogP contribution in [0.5, 0.6) is 11.5 Å². The monoisotopic (exact) mass is 754 g/mol. The van der Waals surface area contributed by atoms with Crippen molar-refractivity contribution in [2.45, 2.75) is 64.9 Å². The van der Waals surface area contributed by atoms with Gasteiger partial charge in [-0.2, -0.15) is 5.26 Å². The largest absolute Gasteiger partial charge is 0.497 e. The minimum atomic E-state index is -1.25. The Labute approximate surface area is 325 Å². The Morgan fingerprint density at radius 2 is 1.11 bits per heavy atom. The molecule has 0 saturated heterocycles. The average Bonchev–Trinajstić information content (AvgIpc) is 3.17. The molecule has 10 heteroatoms. The van der Waals surface area contributed by atoms with Crippen LogP contribution in [-0.4, -0.2) is 87.8 Å². The van der Waals surface area contributed by atoms with Crippen molar-refractivity contribution in [1.82, 2.24) is 14.5 Å². The number of benzene rings is 4. The summed E-state index contributed by atoms with van der Waals surface area (Å²) in [6.45, 7) is 13.1. The van der Waals surface area contributed by atoms with Crippen LogP contribution < -0.4 is 9.47 Å². The van der Waals surface area contributed by atoms with Gasteiger partial charge >= 0.3 is 0 Å². The van der Waals surface area contributed by atoms with Crippen LogP contribution >= 0.6 is 8.53 Å². The topological polar surface area (TPSA) is 79.7 Å². The van der Waals surface area contributed by atoms with Crippen molar-refractivity contribution in [2.24, 2.45) is 0 Å². The first-order chi connectivity index (χ1) is 26.1. The number of methoxy groups -OCH3 is 2. The molecule has 9 nitrogen and oxygen atoms in total. The number of hydrogen-bond acceptors (Lipinski definition) is 9. The third-order valence-corrected chi connectivity index (χ3v) is 11.3. The average molecular weight is 755 g/mol. The summed E-state index contributed by atoms with van der Waals surface area (Å²) < 4.78 is 32.7. The summed E-state index contributed by atoms with van der Waals surface area (Å²) in [6, 6.07) is 38.2. The Hall–Kier alpha value is -3.84. The minimum Gasteiger partial charge on any atom is -0.497 e. The van der Waals surface area contributed by atoms with Crippen molar-refractivity contribution < 1.29 is 23.3 Å². The SMILES string of the molecule is COc1ccc(C(OCCN(C)Cc2cccc(CN(C)CCOP(OCCC#N)N(C(C)C)C(C)C)c2)(c2ccccc2)c2ccc(OC)cc2)cc1. The molecule has 0 aliphatic heterocycles. The van der Waals surface area contributed by atoms with Crippen LogP contribution in [0.3, 0.4) is 0 Å². The summed E-state index contributed by atoms with van der Waals surface area (Å²) in [5.74, 6) is 1.59. The Morgan fingerprint density at radius 3 is 1.59 bits per heavy atom. The van der Waals surface area contributed by atoms with E-state index in [2.05, 4.69) is 135 Å². The van der Waals surface area contributed by atoms with Crippen molar-refractivity contribution in [1.29, 1.82) is 5.26 Å². The first-order valence-electron chi connectivity index (χ1n) is 18.8. The maximum atomic E-state index is 9.01. The lowest BCUT2D eigenvalue weighted by Crippen LogP contribution is -2.35. The van der Waals surface area contributed by atoms with E-state index < -0.39 is 14.1 Å². The van der Waals surface area contributed by atoms with Crippen LogP contribution in [0.1, 0.15) is 61.9 Å². The fraction of sp³-hybridized carbons (Fsp3) is 0.432. The van der Waals surface area contributed by atoms with Crippen LogP contribution in [-0.2, 0) is 32.5 Å². The van der Waals surface area contributed by atoms with Crippen LogP contribution in [0.25, 0.3) is 0 Å². The molecule has 0 heterocycles. The summed E-state index contributed by atoms with van der Waals surface area (Å²) in [7, 11) is 6.37. The van der Waals surface area contributed by atoms with Gasteiger partial charge in [0.15, 0.2) is 0 Å². The zero-order valence-electron chi connectivity index (χ0n) is 33.4. The van der Waals surface area contributed by atoms with Crippen molar-refractivity contribution in [2.75, 3.05) is 61.2 Å². The van der Waals surface area contributed by atoms with Crippen LogP contribution in [0.4, 0.5) is 0 Å². The second-order valence-electron chi connectivity index (χ2n) is 14.0. The number of hydrogen-bond donors (Lipinski definition) is 0. The van der Waals surface area contributed by atoms with E-state index in [-0.39, 0.29) is 12.1 Å². The van der Waals surface area contributed by atoms with Crippen molar-refractivity contribution in [3.8, 4) is 17.6 Å². The third-order valence-electron chi connectivity index (χ3n) is 9.20. The molecule has 0 aliphatic rings. The highest BCUT2D eigenvalue weighted by Crippen LogP contribution is 2.46. The van der Waals surface area contributed by atoms with Gasteiger partial charge in [0.2, 0.25) is 0 Å². The lowest BCUT2D eigenvalue weighted by Gasteiger charge is -2.36. The lowest BCUT2D eigenvalue weighted by atomic mass is 9.80. The standard InChI is InChI=1S/C44H59N4O5P/c1-35(2)48(36(3)4)54(52-29-13-26-45)53-31-28-47(6)34-38-15-12-14-37(32-38)33-46(5)27-30-51-44(39-16-10-9-11-17-39,40-18-22-42(49-7)23-19-40)41-20-24-43(50-8)25-21-41/h9-12,14-25,32,35-36H,13,27-31,33-34H2,1-8H3. The number of nitrogens with zero attached hydrogens (tertiary/aromatic N) is 4. The Kier molecular flexibility index (Phi) is 17.4. The van der Waals surface area contributed by atoms with Crippen LogP contribution in [0.15, 0.2) is 103 Å². The molecule has 0 saturated carbocycles. The van der Waals surface area contributed by atoms with Crippen molar-refractivity contribution >= 4 is 8.53 Å². The van der Waals surface area contributed by atoms with E-state index in [1.807, 2.05) is 30.3 Å². The zero-order chi connectivity index (χ0) is 38.9. The molecule has 4 rings (SSSR count). The molecule has 0 amide bonds. The fourth-order valence-corrected chi connectivity index (χ4v) is 8.21. The molecular weight excluding hydrogens is 695 g/mol. The highest BCUT2D eigenvalue weighted by molar-refractivity contribution is 7.44. The first-order valence-corrected chi connectivity index (χ1v) is 19.9. The first kappa shape index (κ1) is 42.9. The lowest BCUT2D eigenvalue weighted by molar-refractivity contribution is 0.00292. The zero-order valence-corrected chi connectivity index (χ0v) is 34.3. The molecule has 0 aliphatic carbocycles. The molecule has 4 aromatic rings. The molecule has 0 aromatic heterocycles. The second-order valence-corrected chi connectivity index (χ2v) is 15.5. The third kappa shape index (κ3) is 12.1. The molecule has 1 atom stereocenters. The van der Waals surface area contributed by atoms with Gasteiger partial charge in [-0.1, -0.05) is 78.9 Å². The molecule has 0 spiro atoms. The number of rotatable bonds is 23. The van der Waals surface area contributed by atoms with E-state index in [1.54, 1.807) is 14.2 Å². The number of likely N-dealkylation sites (N-methyl/N-ethyl adjacent to an activating group) is 2. The van der Waals surface area contributed by atoms with Gasteiger partial charge in [0.1, 0.15) is 17.1 Å². The van der Waals surface area contributed by atoms with Gasteiger partial charge in [0.05, 0.1) is 46.5 Å². The van der Waals surface area contributed by atoms with E-state index in [9.17, 15) is 0 Å². The maximum Gasteiger partial charge on any atom is 0.259 e. The summed E-state index contributed by atoms with van der Waals surface area (Å²) >= 11 is 0. The van der Waals surface area contributed by atoms with Gasteiger partial charge in [0, 0.05) is 38.3 Å². The Balaban J connectivity index is 1.40. The summed E-state index contributed by atoms with van der Waals surface area (Å²) in [5, 5.41) is 9.01. The van der Waals surface area contributed by atoms with Gasteiger partial charge in [-0.15, -0.1) is 0 Å². The summed E-state index contributed by atoms with van der Waals surface area (Å²) in [6.07, 6.45) is 0.354. The number of nitriles is 1. The predicted molar refractivity (Wildman–Crippen MR) is 219 cm³/mol. The Morgan fingerprint density at radius 1 is 0.630 bits per heavy atom. The van der Waals surface area contributed by atoms with E-state index >= 15 is 0 Å². The molecule has 0 N–H and O–H groups in total. The van der Waals surface area contributed by atoms with Gasteiger partial charge < -0.3 is 23.3 Å². The molecule has 4 aromatic carbocycles. The summed E-state index contributed by atoms with van der Waals surface area (Å²) in [5.41, 5.74) is 4.74. The summed E-state index contributed by atoms with van der Waals surface area (Å²) in [4.78, 5) is 4.58. The van der Waals surface area contributed by atoms with E-state index in [1.165, 1.54) is 11.1 Å². The molecule has 54 heavy (non-hydrogen) atoms. The van der Waals surface area contributed by atoms with Gasteiger partial charge in [-0.3, -0.25) is 9.80 Å². The molecule has 290 valence electrons. The quantitative estimate of drug-likeness (QED) is 0.0419. The molecule has 0 radical (unpaired) electrons. The highest BCUT2D eigenvalue weighted by Gasteiger charge is 2.38. The van der Waals surface area contributed by atoms with E-state index in [0.29, 0.717) is 26.2 Å². The fourth-order valence-electron chi connectivity index (χ4n) is 6.62. The second kappa shape index (κ2) is 21.9.